The van der Waals surface area contributed by atoms with E-state index in [4.69, 9.17) is 28.9 Å². The van der Waals surface area contributed by atoms with Crippen molar-refractivity contribution in [3.8, 4) is 0 Å². The van der Waals surface area contributed by atoms with Gasteiger partial charge in [0.25, 0.3) is 0 Å². The lowest BCUT2D eigenvalue weighted by molar-refractivity contribution is -0.119. The first kappa shape index (κ1) is 12.3. The first-order valence-electron chi connectivity index (χ1n) is 4.55. The quantitative estimate of drug-likeness (QED) is 0.849. The van der Waals surface area contributed by atoms with Gasteiger partial charge in [0.05, 0.1) is 6.54 Å². The second kappa shape index (κ2) is 5.95. The van der Waals surface area contributed by atoms with Crippen molar-refractivity contribution in [2.45, 2.75) is 6.42 Å². The molecule has 0 saturated heterocycles. The summed E-state index contributed by atoms with van der Waals surface area (Å²) in [6.07, 6.45) is 0.601. The predicted molar refractivity (Wildman–Crippen MR) is 62.2 cm³/mol. The van der Waals surface area contributed by atoms with E-state index in [1.54, 1.807) is 18.2 Å². The standard InChI is InChI=1S/C10H12Cl2N2O/c11-8-2-1-3-9(12)7(8)4-5-14-10(15)6-13/h1-3H,4-6,13H2,(H,14,15). The second-order valence-electron chi connectivity index (χ2n) is 3.00. The first-order chi connectivity index (χ1) is 7.15. The Morgan fingerprint density at radius 2 is 1.93 bits per heavy atom. The summed E-state index contributed by atoms with van der Waals surface area (Å²) in [6, 6.07) is 5.33. The monoisotopic (exact) mass is 246 g/mol. The number of benzene rings is 1. The van der Waals surface area contributed by atoms with Crippen LogP contribution in [0.1, 0.15) is 5.56 Å². The summed E-state index contributed by atoms with van der Waals surface area (Å²) < 4.78 is 0. The normalized spacial score (nSPS) is 10.1. The van der Waals surface area contributed by atoms with Gasteiger partial charge in [0, 0.05) is 16.6 Å². The van der Waals surface area contributed by atoms with Gasteiger partial charge in [0.15, 0.2) is 0 Å². The fraction of sp³-hybridized carbons (Fsp3) is 0.300. The topological polar surface area (TPSA) is 55.1 Å². The number of carbonyl (C=O) groups is 1. The zero-order valence-corrected chi connectivity index (χ0v) is 9.61. The van der Waals surface area contributed by atoms with Crippen LogP contribution in [0.3, 0.4) is 0 Å². The molecule has 1 aromatic rings. The lowest BCUT2D eigenvalue weighted by atomic mass is 10.1. The van der Waals surface area contributed by atoms with E-state index in [9.17, 15) is 4.79 Å². The number of hydrogen-bond donors (Lipinski definition) is 2. The highest BCUT2D eigenvalue weighted by Gasteiger charge is 2.05. The Morgan fingerprint density at radius 1 is 1.33 bits per heavy atom. The molecule has 0 aliphatic rings. The van der Waals surface area contributed by atoms with E-state index < -0.39 is 0 Å². The van der Waals surface area contributed by atoms with Crippen LogP contribution in [0.5, 0.6) is 0 Å². The van der Waals surface area contributed by atoms with Crippen LogP contribution in [0.25, 0.3) is 0 Å². The molecule has 0 fully saturated rings. The van der Waals surface area contributed by atoms with Gasteiger partial charge in [-0.15, -0.1) is 0 Å². The maximum absolute atomic E-state index is 10.9. The average Bonchev–Trinajstić information content (AvgIpc) is 2.22. The number of hydrogen-bond acceptors (Lipinski definition) is 2. The minimum atomic E-state index is -0.182. The predicted octanol–water partition coefficient (Wildman–Crippen LogP) is 1.61. The SMILES string of the molecule is NCC(=O)NCCc1c(Cl)cccc1Cl. The molecule has 1 rings (SSSR count). The van der Waals surface area contributed by atoms with E-state index in [1.165, 1.54) is 0 Å². The van der Waals surface area contributed by atoms with Crippen molar-refractivity contribution in [2.24, 2.45) is 5.73 Å². The van der Waals surface area contributed by atoms with Crippen LogP contribution in [0.2, 0.25) is 10.0 Å². The van der Waals surface area contributed by atoms with Crippen molar-refractivity contribution in [1.82, 2.24) is 5.32 Å². The minimum absolute atomic E-state index is 0.00372. The van der Waals surface area contributed by atoms with E-state index in [1.807, 2.05) is 0 Å². The molecule has 82 valence electrons. The molecule has 0 atom stereocenters. The Morgan fingerprint density at radius 3 is 2.47 bits per heavy atom. The van der Waals surface area contributed by atoms with Crippen molar-refractivity contribution in [3.63, 3.8) is 0 Å². The molecule has 0 aliphatic heterocycles. The maximum Gasteiger partial charge on any atom is 0.233 e. The molecular formula is C10H12Cl2N2O. The summed E-state index contributed by atoms with van der Waals surface area (Å²) >= 11 is 11.9. The van der Waals surface area contributed by atoms with Crippen LogP contribution in [0.4, 0.5) is 0 Å². The smallest absolute Gasteiger partial charge is 0.233 e. The van der Waals surface area contributed by atoms with E-state index in [0.717, 1.165) is 5.56 Å². The molecule has 1 aromatic carbocycles. The molecule has 0 heterocycles. The lowest BCUT2D eigenvalue weighted by Gasteiger charge is -2.07. The van der Waals surface area contributed by atoms with E-state index in [-0.39, 0.29) is 12.5 Å². The van der Waals surface area contributed by atoms with Crippen LogP contribution in [-0.2, 0) is 11.2 Å². The molecule has 0 bridgehead atoms. The fourth-order valence-electron chi connectivity index (χ4n) is 1.17. The number of amides is 1. The molecule has 0 aliphatic carbocycles. The number of rotatable bonds is 4. The highest BCUT2D eigenvalue weighted by Crippen LogP contribution is 2.24. The zero-order chi connectivity index (χ0) is 11.3. The molecule has 5 heteroatoms. The summed E-state index contributed by atoms with van der Waals surface area (Å²) in [5.41, 5.74) is 5.99. The number of nitrogens with two attached hydrogens (primary N) is 1. The van der Waals surface area contributed by atoms with Gasteiger partial charge in [-0.1, -0.05) is 29.3 Å². The highest BCUT2D eigenvalue weighted by molar-refractivity contribution is 6.35. The minimum Gasteiger partial charge on any atom is -0.355 e. The molecule has 3 nitrogen and oxygen atoms in total. The average molecular weight is 247 g/mol. The van der Waals surface area contributed by atoms with Gasteiger partial charge in [-0.3, -0.25) is 4.79 Å². The van der Waals surface area contributed by atoms with Gasteiger partial charge in [-0.25, -0.2) is 0 Å². The summed E-state index contributed by atoms with van der Waals surface area (Å²) in [6.45, 7) is 0.482. The summed E-state index contributed by atoms with van der Waals surface area (Å²) in [4.78, 5) is 10.9. The van der Waals surface area contributed by atoms with Crippen LogP contribution >= 0.6 is 23.2 Å². The Balaban J connectivity index is 2.54. The molecule has 0 spiro atoms. The summed E-state index contributed by atoms with van der Waals surface area (Å²) in [5.74, 6) is -0.182. The van der Waals surface area contributed by atoms with Crippen LogP contribution in [-0.4, -0.2) is 19.0 Å². The third-order valence-electron chi connectivity index (χ3n) is 1.94. The summed E-state index contributed by atoms with van der Waals surface area (Å²) in [5, 5.41) is 3.88. The zero-order valence-electron chi connectivity index (χ0n) is 8.09. The Bertz CT molecular complexity index is 335. The van der Waals surface area contributed by atoms with Gasteiger partial charge in [-0.2, -0.15) is 0 Å². The number of nitrogens with one attached hydrogen (secondary N) is 1. The maximum atomic E-state index is 10.9. The molecule has 15 heavy (non-hydrogen) atoms. The Kier molecular flexibility index (Phi) is 4.88. The van der Waals surface area contributed by atoms with Crippen LogP contribution in [0, 0.1) is 0 Å². The Hall–Kier alpha value is -0.770. The largest absolute Gasteiger partial charge is 0.355 e. The van der Waals surface area contributed by atoms with Crippen LogP contribution < -0.4 is 11.1 Å². The molecule has 0 saturated carbocycles. The van der Waals surface area contributed by atoms with Crippen molar-refractivity contribution in [2.75, 3.05) is 13.1 Å². The van der Waals surface area contributed by atoms with Gasteiger partial charge >= 0.3 is 0 Å². The molecular weight excluding hydrogens is 235 g/mol. The van der Waals surface area contributed by atoms with E-state index >= 15 is 0 Å². The molecule has 0 radical (unpaired) electrons. The van der Waals surface area contributed by atoms with Crippen LogP contribution in [0.15, 0.2) is 18.2 Å². The number of carbonyl (C=O) groups excluding carboxylic acids is 1. The van der Waals surface area contributed by atoms with Crippen molar-refractivity contribution in [1.29, 1.82) is 0 Å². The third kappa shape index (κ3) is 3.70. The molecule has 1 amide bonds. The van der Waals surface area contributed by atoms with Gasteiger partial charge in [0.1, 0.15) is 0 Å². The molecule has 0 unspecified atom stereocenters. The van der Waals surface area contributed by atoms with Crippen molar-refractivity contribution < 1.29 is 4.79 Å². The highest BCUT2D eigenvalue weighted by atomic mass is 35.5. The first-order valence-corrected chi connectivity index (χ1v) is 5.30. The fourth-order valence-corrected chi connectivity index (χ4v) is 1.76. The summed E-state index contributed by atoms with van der Waals surface area (Å²) in [7, 11) is 0. The molecule has 3 N–H and O–H groups in total. The van der Waals surface area contributed by atoms with E-state index in [2.05, 4.69) is 5.32 Å². The van der Waals surface area contributed by atoms with Crippen molar-refractivity contribution >= 4 is 29.1 Å². The third-order valence-corrected chi connectivity index (χ3v) is 2.65. The second-order valence-corrected chi connectivity index (χ2v) is 3.82. The molecule has 0 aromatic heterocycles. The van der Waals surface area contributed by atoms with Gasteiger partial charge in [-0.05, 0) is 24.1 Å². The van der Waals surface area contributed by atoms with Crippen molar-refractivity contribution in [3.05, 3.63) is 33.8 Å². The number of halogens is 2. The Labute approximate surface area is 98.5 Å². The lowest BCUT2D eigenvalue weighted by Crippen LogP contribution is -2.31. The van der Waals surface area contributed by atoms with Gasteiger partial charge < -0.3 is 11.1 Å². The van der Waals surface area contributed by atoms with Gasteiger partial charge in [0.2, 0.25) is 5.91 Å². The van der Waals surface area contributed by atoms with E-state index in [0.29, 0.717) is 23.0 Å².